The molecular weight excluding hydrogens is 234 g/mol. The molecule has 0 amide bonds. The van der Waals surface area contributed by atoms with Gasteiger partial charge in [-0.05, 0) is 25.1 Å². The molecule has 0 saturated carbocycles. The van der Waals surface area contributed by atoms with E-state index in [0.717, 1.165) is 0 Å². The van der Waals surface area contributed by atoms with Gasteiger partial charge in [0.05, 0.1) is 8.07 Å². The summed E-state index contributed by atoms with van der Waals surface area (Å²) in [5.41, 5.74) is 0. The smallest absolute Gasteiger partial charge is 0.0573 e. The highest BCUT2D eigenvalue weighted by atomic mass is 28.3. The summed E-state index contributed by atoms with van der Waals surface area (Å²) in [6.45, 7) is 9.70. The third-order valence-electron chi connectivity index (χ3n) is 4.35. The maximum absolute atomic E-state index is 2.53. The fourth-order valence-electron chi connectivity index (χ4n) is 3.61. The van der Waals surface area contributed by atoms with Crippen LogP contribution in [0, 0.1) is 0 Å². The van der Waals surface area contributed by atoms with Crippen molar-refractivity contribution in [2.75, 3.05) is 13.1 Å². The minimum atomic E-state index is -0.981. The Morgan fingerprint density at radius 1 is 0.889 bits per heavy atom. The van der Waals surface area contributed by atoms with Gasteiger partial charge >= 0.3 is 0 Å². The van der Waals surface area contributed by atoms with Crippen LogP contribution in [-0.4, -0.2) is 26.1 Å². The highest BCUT2D eigenvalue weighted by molar-refractivity contribution is 6.80. The van der Waals surface area contributed by atoms with Crippen molar-refractivity contribution in [2.24, 2.45) is 0 Å². The molecule has 0 aromatic heterocycles. The molecule has 0 radical (unpaired) electrons. The Morgan fingerprint density at radius 3 is 1.83 bits per heavy atom. The van der Waals surface area contributed by atoms with Crippen LogP contribution in [0.2, 0.25) is 24.2 Å². The molecule has 0 aromatic carbocycles. The van der Waals surface area contributed by atoms with Gasteiger partial charge in [-0.2, -0.15) is 0 Å². The lowest BCUT2D eigenvalue weighted by molar-refractivity contribution is 0.467. The highest BCUT2D eigenvalue weighted by Crippen LogP contribution is 2.30. The summed E-state index contributed by atoms with van der Waals surface area (Å²) in [6.07, 6.45) is 11.9. The van der Waals surface area contributed by atoms with Gasteiger partial charge in [-0.1, -0.05) is 64.2 Å². The van der Waals surface area contributed by atoms with Gasteiger partial charge < -0.3 is 4.90 Å². The van der Waals surface area contributed by atoms with Gasteiger partial charge in [0.1, 0.15) is 0 Å². The number of nitrogens with zero attached hydrogens (tertiary/aromatic N) is 1. The average molecular weight is 268 g/mol. The Hall–Kier alpha value is -0.243. The second-order valence-electron chi connectivity index (χ2n) is 6.08. The predicted octanol–water partition coefficient (Wildman–Crippen LogP) is 5.27. The molecule has 0 unspecified atom stereocenters. The first-order chi connectivity index (χ1) is 8.76. The summed E-state index contributed by atoms with van der Waals surface area (Å²) in [5.74, 6) is 0. The number of allylic oxidation sites excluding steroid dienone is 1. The lowest BCUT2D eigenvalue weighted by Gasteiger charge is -2.30. The van der Waals surface area contributed by atoms with Crippen molar-refractivity contribution < 1.29 is 0 Å². The predicted molar refractivity (Wildman–Crippen MR) is 85.8 cm³/mol. The molecule has 1 saturated heterocycles. The van der Waals surface area contributed by atoms with E-state index < -0.39 is 8.07 Å². The number of likely N-dealkylation sites (tertiary alicyclic amines) is 1. The molecule has 1 rings (SSSR count). The summed E-state index contributed by atoms with van der Waals surface area (Å²) in [4.78, 5) is 2.52. The molecule has 2 heteroatoms. The second kappa shape index (κ2) is 8.79. The van der Waals surface area contributed by atoms with Crippen molar-refractivity contribution in [2.45, 2.75) is 77.1 Å². The molecule has 0 spiro atoms. The molecule has 1 heterocycles. The Bertz CT molecular complexity index is 214. The van der Waals surface area contributed by atoms with Crippen LogP contribution in [-0.2, 0) is 0 Å². The van der Waals surface area contributed by atoms with E-state index in [0.29, 0.717) is 0 Å². The van der Waals surface area contributed by atoms with E-state index in [1.54, 1.807) is 18.1 Å². The van der Waals surface area contributed by atoms with Crippen LogP contribution >= 0.6 is 0 Å². The molecule has 1 fully saturated rings. The van der Waals surface area contributed by atoms with Crippen LogP contribution < -0.4 is 0 Å². The quantitative estimate of drug-likeness (QED) is 0.514. The van der Waals surface area contributed by atoms with E-state index >= 15 is 0 Å². The Kier molecular flexibility index (Phi) is 7.72. The second-order valence-corrected chi connectivity index (χ2v) is 11.0. The highest BCUT2D eigenvalue weighted by Gasteiger charge is 2.28. The van der Waals surface area contributed by atoms with Gasteiger partial charge in [-0.15, -0.1) is 0 Å². The third kappa shape index (κ3) is 5.17. The lowest BCUT2D eigenvalue weighted by atomic mass is 10.4. The minimum absolute atomic E-state index is 0.981. The van der Waals surface area contributed by atoms with Crippen molar-refractivity contribution in [1.82, 2.24) is 4.90 Å². The molecular formula is C16H33NSi. The molecule has 106 valence electrons. The van der Waals surface area contributed by atoms with Crippen LogP contribution in [0.1, 0.15) is 52.9 Å². The summed E-state index contributed by atoms with van der Waals surface area (Å²) in [7, 11) is -0.981. The molecule has 0 aliphatic carbocycles. The summed E-state index contributed by atoms with van der Waals surface area (Å²) >= 11 is 0. The van der Waals surface area contributed by atoms with Crippen molar-refractivity contribution in [3.05, 3.63) is 12.3 Å². The third-order valence-corrected chi connectivity index (χ3v) is 10.1. The van der Waals surface area contributed by atoms with Crippen molar-refractivity contribution in [3.8, 4) is 0 Å². The number of hydrogen-bond donors (Lipinski definition) is 0. The Morgan fingerprint density at radius 2 is 1.39 bits per heavy atom. The first-order valence-electron chi connectivity index (χ1n) is 8.17. The normalized spacial score (nSPS) is 16.9. The first kappa shape index (κ1) is 15.8. The first-order valence-corrected chi connectivity index (χ1v) is 11.0. The number of hydrogen-bond acceptors (Lipinski definition) is 1. The van der Waals surface area contributed by atoms with Crippen LogP contribution in [0.4, 0.5) is 0 Å². The van der Waals surface area contributed by atoms with Gasteiger partial charge in [-0.3, -0.25) is 0 Å². The van der Waals surface area contributed by atoms with E-state index in [2.05, 4.69) is 37.9 Å². The van der Waals surface area contributed by atoms with Crippen molar-refractivity contribution in [3.63, 3.8) is 0 Å². The molecule has 1 aliphatic heterocycles. The Labute approximate surface area is 116 Å². The van der Waals surface area contributed by atoms with E-state index in [-0.39, 0.29) is 0 Å². The topological polar surface area (TPSA) is 3.24 Å². The van der Waals surface area contributed by atoms with E-state index in [9.17, 15) is 0 Å². The average Bonchev–Trinajstić information content (AvgIpc) is 2.83. The fourth-order valence-corrected chi connectivity index (χ4v) is 8.76. The molecule has 0 aromatic rings. The van der Waals surface area contributed by atoms with Gasteiger partial charge in [0.2, 0.25) is 0 Å². The van der Waals surface area contributed by atoms with Gasteiger partial charge in [-0.25, -0.2) is 0 Å². The van der Waals surface area contributed by atoms with Crippen LogP contribution in [0.15, 0.2) is 12.3 Å². The number of rotatable bonds is 9. The summed E-state index contributed by atoms with van der Waals surface area (Å²) < 4.78 is 0. The van der Waals surface area contributed by atoms with E-state index in [1.807, 2.05) is 0 Å². The lowest BCUT2D eigenvalue weighted by Crippen LogP contribution is -2.32. The van der Waals surface area contributed by atoms with Gasteiger partial charge in [0, 0.05) is 13.1 Å². The standard InChI is InChI=1S/C16H33NSi/c1-4-13-18(14-5-2,15-6-3)16-9-12-17-10-7-8-11-17/h9,12H,4-8,10-11,13-16H2,1-3H3. The monoisotopic (exact) mass is 267 g/mol. The van der Waals surface area contributed by atoms with Gasteiger partial charge in [0.15, 0.2) is 0 Å². The SMILES string of the molecule is CCC[Si](CC=CN1CCCC1)(CCC)CCC. The molecule has 1 aliphatic rings. The summed E-state index contributed by atoms with van der Waals surface area (Å²) in [6, 6.07) is 6.05. The zero-order valence-corrected chi connectivity index (χ0v) is 13.9. The van der Waals surface area contributed by atoms with E-state index in [4.69, 9.17) is 0 Å². The molecule has 0 bridgehead atoms. The minimum Gasteiger partial charge on any atom is -0.378 e. The maximum Gasteiger partial charge on any atom is 0.0573 e. The fraction of sp³-hybridized carbons (Fsp3) is 0.875. The van der Waals surface area contributed by atoms with Crippen LogP contribution in [0.25, 0.3) is 0 Å². The van der Waals surface area contributed by atoms with Crippen LogP contribution in [0.5, 0.6) is 0 Å². The van der Waals surface area contributed by atoms with Crippen molar-refractivity contribution in [1.29, 1.82) is 0 Å². The molecule has 0 atom stereocenters. The van der Waals surface area contributed by atoms with Crippen molar-refractivity contribution >= 4 is 8.07 Å². The zero-order valence-electron chi connectivity index (χ0n) is 12.9. The van der Waals surface area contributed by atoms with E-state index in [1.165, 1.54) is 51.2 Å². The molecule has 18 heavy (non-hydrogen) atoms. The molecule has 1 nitrogen and oxygen atoms in total. The largest absolute Gasteiger partial charge is 0.378 e. The Balaban J connectivity index is 2.51. The zero-order chi connectivity index (χ0) is 13.3. The maximum atomic E-state index is 2.53. The summed E-state index contributed by atoms with van der Waals surface area (Å²) in [5, 5.41) is 0. The van der Waals surface area contributed by atoms with Crippen LogP contribution in [0.3, 0.4) is 0 Å². The molecule has 0 N–H and O–H groups in total. The van der Waals surface area contributed by atoms with Gasteiger partial charge in [0.25, 0.3) is 0 Å².